The molecule has 0 unspecified atom stereocenters. The molecule has 7 heteroatoms. The van der Waals surface area contributed by atoms with Crippen LogP contribution in [0.1, 0.15) is 18.1 Å². The number of carbonyl (C=O) groups is 1. The number of rotatable bonds is 5. The van der Waals surface area contributed by atoms with Crippen molar-refractivity contribution in [3.63, 3.8) is 0 Å². The number of benzene rings is 2. The molecule has 0 radical (unpaired) electrons. The van der Waals surface area contributed by atoms with E-state index in [-0.39, 0.29) is 0 Å². The number of hydrogen-bond acceptors (Lipinski definition) is 3. The van der Waals surface area contributed by atoms with Crippen molar-refractivity contribution in [2.45, 2.75) is 26.8 Å². The summed E-state index contributed by atoms with van der Waals surface area (Å²) in [4.78, 5) is 12.7. The maximum Gasteiger partial charge on any atom is 0.248 e. The summed E-state index contributed by atoms with van der Waals surface area (Å²) in [5, 5.41) is 3.29. The van der Waals surface area contributed by atoms with Crippen molar-refractivity contribution in [3.05, 3.63) is 58.6 Å². The quantitative estimate of drug-likeness (QED) is 0.858. The van der Waals surface area contributed by atoms with Crippen LogP contribution in [0, 0.1) is 13.8 Å². The van der Waals surface area contributed by atoms with E-state index in [9.17, 15) is 13.2 Å². The number of sulfonamides is 1. The van der Waals surface area contributed by atoms with Crippen LogP contribution in [0.25, 0.3) is 0 Å². The molecule has 0 saturated carbocycles. The highest BCUT2D eigenvalue weighted by Gasteiger charge is 2.29. The molecule has 2 rings (SSSR count). The molecule has 134 valence electrons. The van der Waals surface area contributed by atoms with Gasteiger partial charge in [-0.2, -0.15) is 0 Å². The van der Waals surface area contributed by atoms with Crippen LogP contribution in [-0.4, -0.2) is 26.6 Å². The van der Waals surface area contributed by atoms with E-state index in [0.29, 0.717) is 16.4 Å². The number of anilines is 2. The Morgan fingerprint density at radius 1 is 1.16 bits per heavy atom. The number of halogens is 1. The molecule has 0 spiro atoms. The highest BCUT2D eigenvalue weighted by atomic mass is 35.5. The first-order chi connectivity index (χ1) is 11.6. The van der Waals surface area contributed by atoms with Crippen molar-refractivity contribution >= 4 is 38.9 Å². The molecule has 0 fully saturated rings. The van der Waals surface area contributed by atoms with Gasteiger partial charge >= 0.3 is 0 Å². The predicted molar refractivity (Wildman–Crippen MR) is 103 cm³/mol. The topological polar surface area (TPSA) is 66.5 Å². The van der Waals surface area contributed by atoms with E-state index in [4.69, 9.17) is 11.6 Å². The monoisotopic (exact) mass is 380 g/mol. The first kappa shape index (κ1) is 19.3. The Kier molecular flexibility index (Phi) is 5.75. The van der Waals surface area contributed by atoms with Gasteiger partial charge < -0.3 is 5.32 Å². The van der Waals surface area contributed by atoms with Gasteiger partial charge in [-0.25, -0.2) is 8.42 Å². The van der Waals surface area contributed by atoms with Crippen molar-refractivity contribution in [3.8, 4) is 0 Å². The molecular formula is C18H21ClN2O3S. The van der Waals surface area contributed by atoms with Gasteiger partial charge in [-0.1, -0.05) is 29.8 Å². The molecule has 0 aromatic heterocycles. The van der Waals surface area contributed by atoms with Crippen LogP contribution in [0.3, 0.4) is 0 Å². The summed E-state index contributed by atoms with van der Waals surface area (Å²) < 4.78 is 25.7. The van der Waals surface area contributed by atoms with E-state index in [1.807, 2.05) is 13.0 Å². The van der Waals surface area contributed by atoms with Gasteiger partial charge in [0.25, 0.3) is 0 Å². The Labute approximate surface area is 153 Å². The van der Waals surface area contributed by atoms with Crippen molar-refractivity contribution in [1.29, 1.82) is 0 Å². The highest BCUT2D eigenvalue weighted by molar-refractivity contribution is 7.92. The number of amides is 1. The molecule has 0 aliphatic rings. The Hall–Kier alpha value is -2.05. The van der Waals surface area contributed by atoms with E-state index >= 15 is 0 Å². The largest absolute Gasteiger partial charge is 0.324 e. The van der Waals surface area contributed by atoms with E-state index in [0.717, 1.165) is 21.7 Å². The first-order valence-electron chi connectivity index (χ1n) is 7.73. The molecule has 0 heterocycles. The van der Waals surface area contributed by atoms with E-state index < -0.39 is 22.0 Å². The van der Waals surface area contributed by atoms with Crippen molar-refractivity contribution in [2.24, 2.45) is 0 Å². The second-order valence-electron chi connectivity index (χ2n) is 5.98. The van der Waals surface area contributed by atoms with Crippen LogP contribution >= 0.6 is 11.6 Å². The number of nitrogens with zero attached hydrogens (tertiary/aromatic N) is 1. The van der Waals surface area contributed by atoms with Gasteiger partial charge in [0.05, 0.1) is 11.9 Å². The van der Waals surface area contributed by atoms with E-state index in [2.05, 4.69) is 5.32 Å². The minimum Gasteiger partial charge on any atom is -0.324 e. The molecule has 0 saturated heterocycles. The summed E-state index contributed by atoms with van der Waals surface area (Å²) in [7, 11) is -3.64. The smallest absolute Gasteiger partial charge is 0.248 e. The maximum absolute atomic E-state index is 12.7. The predicted octanol–water partition coefficient (Wildman–Crippen LogP) is 3.75. The Bertz CT molecular complexity index is 897. The zero-order valence-electron chi connectivity index (χ0n) is 14.6. The van der Waals surface area contributed by atoms with E-state index in [1.54, 1.807) is 50.2 Å². The van der Waals surface area contributed by atoms with Crippen LogP contribution in [0.5, 0.6) is 0 Å². The lowest BCUT2D eigenvalue weighted by molar-refractivity contribution is -0.116. The number of hydrogen-bond donors (Lipinski definition) is 1. The normalized spacial score (nSPS) is 12.5. The number of carbonyl (C=O) groups excluding carboxylic acids is 1. The molecule has 1 atom stereocenters. The molecule has 0 bridgehead atoms. The lowest BCUT2D eigenvalue weighted by Gasteiger charge is -2.28. The zero-order chi connectivity index (χ0) is 18.8. The van der Waals surface area contributed by atoms with Crippen LogP contribution in [0.2, 0.25) is 5.02 Å². The molecule has 0 aliphatic heterocycles. The lowest BCUT2D eigenvalue weighted by Crippen LogP contribution is -2.45. The number of nitrogens with one attached hydrogen (secondary N) is 1. The van der Waals surface area contributed by atoms with Gasteiger partial charge in [0.15, 0.2) is 0 Å². The van der Waals surface area contributed by atoms with Gasteiger partial charge in [0.1, 0.15) is 6.04 Å². The van der Waals surface area contributed by atoms with Gasteiger partial charge in [-0.15, -0.1) is 0 Å². The molecule has 0 aliphatic carbocycles. The molecule has 2 aromatic carbocycles. The minimum absolute atomic E-state index is 0.433. The van der Waals surface area contributed by atoms with Gasteiger partial charge in [-0.3, -0.25) is 9.10 Å². The lowest BCUT2D eigenvalue weighted by atomic mass is 10.1. The summed E-state index contributed by atoms with van der Waals surface area (Å²) in [6.07, 6.45) is 1.09. The van der Waals surface area contributed by atoms with E-state index in [1.165, 1.54) is 0 Å². The van der Waals surface area contributed by atoms with Crippen LogP contribution < -0.4 is 9.62 Å². The Morgan fingerprint density at radius 3 is 2.40 bits per heavy atom. The molecule has 2 aromatic rings. The van der Waals surface area contributed by atoms with Gasteiger partial charge in [0.2, 0.25) is 15.9 Å². The average molecular weight is 381 g/mol. The van der Waals surface area contributed by atoms with Crippen molar-refractivity contribution in [1.82, 2.24) is 0 Å². The van der Waals surface area contributed by atoms with Crippen molar-refractivity contribution < 1.29 is 13.2 Å². The molecule has 1 amide bonds. The van der Waals surface area contributed by atoms with Crippen molar-refractivity contribution in [2.75, 3.05) is 15.9 Å². The second-order valence-corrected chi connectivity index (χ2v) is 8.24. The van der Waals surface area contributed by atoms with Gasteiger partial charge in [0, 0.05) is 10.7 Å². The third-order valence-corrected chi connectivity index (χ3v) is 5.52. The summed E-state index contributed by atoms with van der Waals surface area (Å²) >= 11 is 6.07. The Morgan fingerprint density at radius 2 is 1.80 bits per heavy atom. The standard InChI is InChI=1S/C18H21ClN2O3S/c1-12-7-5-8-15(11-12)21(25(4,23)24)14(3)18(22)20-17-10-6-9-16(19)13(17)2/h5-11,14H,1-4H3,(H,20,22)/t14-/m0/s1. The van der Waals surface area contributed by atoms with Crippen LogP contribution in [0.15, 0.2) is 42.5 Å². The Balaban J connectivity index is 2.35. The zero-order valence-corrected chi connectivity index (χ0v) is 16.1. The summed E-state index contributed by atoms with van der Waals surface area (Å²) in [6.45, 7) is 5.21. The molecule has 5 nitrogen and oxygen atoms in total. The summed E-state index contributed by atoms with van der Waals surface area (Å²) in [5.74, 6) is -0.433. The maximum atomic E-state index is 12.7. The molecule has 25 heavy (non-hydrogen) atoms. The third-order valence-electron chi connectivity index (χ3n) is 3.87. The number of aryl methyl sites for hydroxylation is 1. The third kappa shape index (κ3) is 4.52. The second kappa shape index (κ2) is 7.45. The van der Waals surface area contributed by atoms with Crippen LogP contribution in [0.4, 0.5) is 11.4 Å². The fourth-order valence-corrected chi connectivity index (χ4v) is 3.90. The SMILES string of the molecule is Cc1cccc(N([C@@H](C)C(=O)Nc2cccc(Cl)c2C)S(C)(=O)=O)c1. The molecule has 1 N–H and O–H groups in total. The first-order valence-corrected chi connectivity index (χ1v) is 9.96. The van der Waals surface area contributed by atoms with Gasteiger partial charge in [-0.05, 0) is 56.2 Å². The minimum atomic E-state index is -3.64. The van der Waals surface area contributed by atoms with Crippen LogP contribution in [-0.2, 0) is 14.8 Å². The summed E-state index contributed by atoms with van der Waals surface area (Å²) in [6, 6.07) is 11.3. The fourth-order valence-electron chi connectivity index (χ4n) is 2.55. The summed E-state index contributed by atoms with van der Waals surface area (Å²) in [5.41, 5.74) is 2.64. The molecular weight excluding hydrogens is 360 g/mol. The highest BCUT2D eigenvalue weighted by Crippen LogP contribution is 2.25. The fraction of sp³-hybridized carbons (Fsp3) is 0.278. The average Bonchev–Trinajstić information content (AvgIpc) is 2.50.